The van der Waals surface area contributed by atoms with Crippen LogP contribution in [-0.2, 0) is 13.0 Å². The Bertz CT molecular complexity index is 819. The zero-order valence-electron chi connectivity index (χ0n) is 15.1. The van der Waals surface area contributed by atoms with E-state index >= 15 is 0 Å². The van der Waals surface area contributed by atoms with Gasteiger partial charge in [0.05, 0.1) is 0 Å². The number of likely N-dealkylation sites (N-methyl/N-ethyl adjacent to an activating group) is 1. The van der Waals surface area contributed by atoms with Crippen LogP contribution in [0.3, 0.4) is 0 Å². The Balaban J connectivity index is 1.60. The second-order valence-corrected chi connectivity index (χ2v) is 6.75. The number of rotatable bonds is 8. The van der Waals surface area contributed by atoms with Crippen LogP contribution in [0.4, 0.5) is 0 Å². The Morgan fingerprint density at radius 3 is 2.31 bits per heavy atom. The van der Waals surface area contributed by atoms with E-state index in [-0.39, 0.29) is 0 Å². The molecule has 0 N–H and O–H groups in total. The predicted molar refractivity (Wildman–Crippen MR) is 109 cm³/mol. The van der Waals surface area contributed by atoms with E-state index in [0.29, 0.717) is 0 Å². The third-order valence-corrected chi connectivity index (χ3v) is 4.57. The van der Waals surface area contributed by atoms with Crippen molar-refractivity contribution >= 4 is 11.6 Å². The number of hydrogen-bond acceptors (Lipinski definition) is 2. The molecule has 0 unspecified atom stereocenters. The van der Waals surface area contributed by atoms with Crippen molar-refractivity contribution in [2.75, 3.05) is 13.1 Å². The average molecular weight is 366 g/mol. The van der Waals surface area contributed by atoms with Crippen LogP contribution in [0, 0.1) is 0 Å². The lowest BCUT2D eigenvalue weighted by Gasteiger charge is -2.21. The van der Waals surface area contributed by atoms with Crippen molar-refractivity contribution in [2.24, 2.45) is 0 Å². The van der Waals surface area contributed by atoms with Gasteiger partial charge in [0.1, 0.15) is 11.5 Å². The lowest BCUT2D eigenvalue weighted by molar-refractivity contribution is 0.283. The van der Waals surface area contributed by atoms with Gasteiger partial charge in [0.25, 0.3) is 0 Å². The van der Waals surface area contributed by atoms with Crippen molar-refractivity contribution in [1.82, 2.24) is 4.90 Å². The van der Waals surface area contributed by atoms with Gasteiger partial charge < -0.3 is 4.74 Å². The maximum absolute atomic E-state index is 6.08. The fourth-order valence-electron chi connectivity index (χ4n) is 2.92. The molecule has 0 aromatic heterocycles. The number of para-hydroxylation sites is 1. The molecule has 26 heavy (non-hydrogen) atoms. The molecule has 0 saturated heterocycles. The van der Waals surface area contributed by atoms with Crippen LogP contribution >= 0.6 is 11.6 Å². The first-order valence-corrected chi connectivity index (χ1v) is 9.39. The van der Waals surface area contributed by atoms with Crippen molar-refractivity contribution in [2.45, 2.75) is 19.9 Å². The fourth-order valence-corrected chi connectivity index (χ4v) is 3.13. The minimum Gasteiger partial charge on any atom is -0.457 e. The summed E-state index contributed by atoms with van der Waals surface area (Å²) in [5.41, 5.74) is 2.53. The summed E-state index contributed by atoms with van der Waals surface area (Å²) < 4.78 is 5.94. The summed E-state index contributed by atoms with van der Waals surface area (Å²) in [7, 11) is 0. The molecule has 134 valence electrons. The number of nitrogens with zero attached hydrogens (tertiary/aromatic N) is 1. The second-order valence-electron chi connectivity index (χ2n) is 6.31. The van der Waals surface area contributed by atoms with Crippen LogP contribution in [0.25, 0.3) is 0 Å². The Morgan fingerprint density at radius 2 is 1.54 bits per heavy atom. The summed E-state index contributed by atoms with van der Waals surface area (Å²) in [4.78, 5) is 2.43. The van der Waals surface area contributed by atoms with Crippen LogP contribution < -0.4 is 4.74 Å². The van der Waals surface area contributed by atoms with Crippen LogP contribution in [0.2, 0.25) is 5.02 Å². The van der Waals surface area contributed by atoms with Crippen LogP contribution in [0.5, 0.6) is 11.5 Å². The van der Waals surface area contributed by atoms with Crippen molar-refractivity contribution < 1.29 is 4.74 Å². The molecule has 2 nitrogen and oxygen atoms in total. The smallest absolute Gasteiger partial charge is 0.127 e. The molecule has 3 aromatic rings. The minimum absolute atomic E-state index is 0.802. The zero-order valence-corrected chi connectivity index (χ0v) is 15.8. The molecule has 0 saturated carbocycles. The lowest BCUT2D eigenvalue weighted by atomic mass is 10.1. The highest BCUT2D eigenvalue weighted by molar-refractivity contribution is 6.30. The highest BCUT2D eigenvalue weighted by Crippen LogP contribution is 2.22. The lowest BCUT2D eigenvalue weighted by Crippen LogP contribution is -2.25. The molecule has 0 spiro atoms. The molecule has 0 aliphatic rings. The van der Waals surface area contributed by atoms with Gasteiger partial charge in [-0.3, -0.25) is 4.90 Å². The summed E-state index contributed by atoms with van der Waals surface area (Å²) in [6.07, 6.45) is 0.995. The first kappa shape index (κ1) is 18.5. The van der Waals surface area contributed by atoms with E-state index in [1.807, 2.05) is 54.6 Å². The van der Waals surface area contributed by atoms with E-state index in [4.69, 9.17) is 16.3 Å². The third kappa shape index (κ3) is 5.62. The van der Waals surface area contributed by atoms with Crippen molar-refractivity contribution in [3.05, 3.63) is 95.0 Å². The molecule has 0 aliphatic carbocycles. The van der Waals surface area contributed by atoms with E-state index in [1.54, 1.807) is 0 Å². The largest absolute Gasteiger partial charge is 0.457 e. The second kappa shape index (κ2) is 9.42. The molecule has 3 rings (SSSR count). The Kier molecular flexibility index (Phi) is 6.70. The van der Waals surface area contributed by atoms with Gasteiger partial charge in [-0.15, -0.1) is 0 Å². The molecular formula is C23H24ClNO. The average Bonchev–Trinajstić information content (AvgIpc) is 2.66. The SMILES string of the molecule is CCN(CCc1cccc(Cl)c1)Cc1cccc(Oc2ccccc2)c1. The highest BCUT2D eigenvalue weighted by atomic mass is 35.5. The first-order valence-electron chi connectivity index (χ1n) is 9.01. The standard InChI is InChI=1S/C23H24ClNO/c1-2-25(15-14-19-8-6-10-21(24)16-19)18-20-9-7-13-23(17-20)26-22-11-4-3-5-12-22/h3-13,16-17H,2,14-15,18H2,1H3. The maximum atomic E-state index is 6.08. The molecule has 0 atom stereocenters. The van der Waals surface area contributed by atoms with Crippen LogP contribution in [0.15, 0.2) is 78.9 Å². The Morgan fingerprint density at radius 1 is 0.808 bits per heavy atom. The number of ether oxygens (including phenoxy) is 1. The fraction of sp³-hybridized carbons (Fsp3) is 0.217. The molecule has 3 heteroatoms. The van der Waals surface area contributed by atoms with Crippen molar-refractivity contribution in [3.63, 3.8) is 0 Å². The Labute approximate surface area is 161 Å². The van der Waals surface area contributed by atoms with Gasteiger partial charge >= 0.3 is 0 Å². The van der Waals surface area contributed by atoms with Gasteiger partial charge in [0, 0.05) is 18.1 Å². The molecule has 0 heterocycles. The van der Waals surface area contributed by atoms with Crippen molar-refractivity contribution in [3.8, 4) is 11.5 Å². The summed E-state index contributed by atoms with van der Waals surface area (Å²) in [5, 5.41) is 0.802. The molecule has 0 amide bonds. The highest BCUT2D eigenvalue weighted by Gasteiger charge is 2.06. The van der Waals surface area contributed by atoms with E-state index in [1.165, 1.54) is 11.1 Å². The van der Waals surface area contributed by atoms with Gasteiger partial charge in [-0.1, -0.05) is 61.0 Å². The zero-order chi connectivity index (χ0) is 18.2. The molecule has 0 aliphatic heterocycles. The normalized spacial score (nSPS) is 10.9. The van der Waals surface area contributed by atoms with Gasteiger partial charge in [0.2, 0.25) is 0 Å². The molecule has 0 bridgehead atoms. The number of benzene rings is 3. The van der Waals surface area contributed by atoms with E-state index in [9.17, 15) is 0 Å². The number of halogens is 1. The van der Waals surface area contributed by atoms with Crippen LogP contribution in [0.1, 0.15) is 18.1 Å². The maximum Gasteiger partial charge on any atom is 0.127 e. The molecule has 0 fully saturated rings. The quantitative estimate of drug-likeness (QED) is 0.471. The third-order valence-electron chi connectivity index (χ3n) is 4.34. The topological polar surface area (TPSA) is 12.5 Å². The van der Waals surface area contributed by atoms with Crippen molar-refractivity contribution in [1.29, 1.82) is 0 Å². The Hall–Kier alpha value is -2.29. The van der Waals surface area contributed by atoms with Crippen LogP contribution in [-0.4, -0.2) is 18.0 Å². The molecule has 0 radical (unpaired) electrons. The summed E-state index contributed by atoms with van der Waals surface area (Å²) in [5.74, 6) is 1.73. The van der Waals surface area contributed by atoms with Gasteiger partial charge in [-0.25, -0.2) is 0 Å². The molecular weight excluding hydrogens is 342 g/mol. The minimum atomic E-state index is 0.802. The first-order chi connectivity index (χ1) is 12.7. The monoisotopic (exact) mass is 365 g/mol. The van der Waals surface area contributed by atoms with Gasteiger partial charge in [-0.2, -0.15) is 0 Å². The van der Waals surface area contributed by atoms with Gasteiger partial charge in [-0.05, 0) is 60.5 Å². The number of hydrogen-bond donors (Lipinski definition) is 0. The summed E-state index contributed by atoms with van der Waals surface area (Å²) in [6.45, 7) is 5.11. The molecule has 3 aromatic carbocycles. The summed E-state index contributed by atoms with van der Waals surface area (Å²) >= 11 is 6.08. The van der Waals surface area contributed by atoms with E-state index < -0.39 is 0 Å². The van der Waals surface area contributed by atoms with E-state index in [0.717, 1.165) is 42.6 Å². The summed E-state index contributed by atoms with van der Waals surface area (Å²) in [6, 6.07) is 26.3. The van der Waals surface area contributed by atoms with E-state index in [2.05, 4.69) is 36.1 Å². The van der Waals surface area contributed by atoms with Gasteiger partial charge in [0.15, 0.2) is 0 Å². The predicted octanol–water partition coefficient (Wildman–Crippen LogP) is 6.20.